The Kier molecular flexibility index (Phi) is 4.26. The minimum absolute atomic E-state index is 0.180. The fourth-order valence-electron chi connectivity index (χ4n) is 2.97. The number of nitrogens with zero attached hydrogens (tertiary/aromatic N) is 2. The van der Waals surface area contributed by atoms with E-state index in [2.05, 4.69) is 0 Å². The number of non-ortho nitro benzene ring substituents is 1. The lowest BCUT2D eigenvalue weighted by Crippen LogP contribution is -2.51. The van der Waals surface area contributed by atoms with Gasteiger partial charge in [-0.15, -0.1) is 11.6 Å². The van der Waals surface area contributed by atoms with Crippen LogP contribution < -0.4 is 4.90 Å². The number of hydrogen-bond donors (Lipinski definition) is 0. The fourth-order valence-corrected chi connectivity index (χ4v) is 3.74. The van der Waals surface area contributed by atoms with Gasteiger partial charge in [-0.3, -0.25) is 24.6 Å². The van der Waals surface area contributed by atoms with E-state index in [4.69, 9.17) is 23.2 Å². The number of anilines is 1. The Labute approximate surface area is 153 Å². The molecular formula is C17H12Cl2N2O4. The summed E-state index contributed by atoms with van der Waals surface area (Å²) in [4.78, 5) is 34.8. The number of alkyl halides is 2. The van der Waals surface area contributed by atoms with E-state index in [9.17, 15) is 19.7 Å². The van der Waals surface area contributed by atoms with Gasteiger partial charge in [0.15, 0.2) is 0 Å². The van der Waals surface area contributed by atoms with Crippen molar-refractivity contribution in [3.8, 4) is 0 Å². The van der Waals surface area contributed by atoms with Gasteiger partial charge >= 0.3 is 0 Å². The lowest BCUT2D eigenvalue weighted by molar-refractivity contribution is -0.384. The molecule has 0 saturated heterocycles. The highest BCUT2D eigenvalue weighted by Crippen LogP contribution is 2.50. The predicted octanol–water partition coefficient (Wildman–Crippen LogP) is 4.06. The van der Waals surface area contributed by atoms with Gasteiger partial charge in [-0.1, -0.05) is 35.9 Å². The minimum Gasteiger partial charge on any atom is -0.290 e. The van der Waals surface area contributed by atoms with Crippen molar-refractivity contribution in [2.75, 3.05) is 4.90 Å². The van der Waals surface area contributed by atoms with Gasteiger partial charge in [-0.2, -0.15) is 0 Å². The van der Waals surface area contributed by atoms with Crippen molar-refractivity contribution in [3.63, 3.8) is 0 Å². The first kappa shape index (κ1) is 17.4. The van der Waals surface area contributed by atoms with Crippen LogP contribution in [-0.2, 0) is 4.79 Å². The standard InChI is InChI=1S/C17H12Cl2N2O4/c1-10(22)20-14-8-3-2-7-13(14)16(23)17(20,19)15(18)11-5-4-6-12(9-11)21(24)25/h2-9,15H,1H3. The van der Waals surface area contributed by atoms with Crippen LogP contribution in [0.2, 0.25) is 0 Å². The molecule has 1 aliphatic rings. The number of halogens is 2. The van der Waals surface area contributed by atoms with E-state index in [0.29, 0.717) is 5.69 Å². The average Bonchev–Trinajstić information content (AvgIpc) is 2.83. The van der Waals surface area contributed by atoms with Gasteiger partial charge in [0.2, 0.25) is 16.7 Å². The Morgan fingerprint density at radius 2 is 1.92 bits per heavy atom. The second kappa shape index (κ2) is 6.13. The first-order chi connectivity index (χ1) is 11.8. The van der Waals surface area contributed by atoms with E-state index in [1.165, 1.54) is 31.2 Å². The van der Waals surface area contributed by atoms with Crippen molar-refractivity contribution in [3.05, 3.63) is 69.8 Å². The number of benzene rings is 2. The van der Waals surface area contributed by atoms with Crippen LogP contribution in [-0.4, -0.2) is 21.6 Å². The molecule has 0 bridgehead atoms. The molecular weight excluding hydrogens is 367 g/mol. The molecule has 1 heterocycles. The summed E-state index contributed by atoms with van der Waals surface area (Å²) >= 11 is 13.1. The highest BCUT2D eigenvalue weighted by Gasteiger charge is 2.57. The number of amides is 1. The van der Waals surface area contributed by atoms with Gasteiger partial charge in [0.1, 0.15) is 5.38 Å². The lowest BCUT2D eigenvalue weighted by atomic mass is 9.99. The van der Waals surface area contributed by atoms with Gasteiger partial charge in [0, 0.05) is 24.6 Å². The number of carbonyl (C=O) groups is 2. The molecule has 2 atom stereocenters. The van der Waals surface area contributed by atoms with Crippen molar-refractivity contribution in [1.82, 2.24) is 0 Å². The zero-order chi connectivity index (χ0) is 18.4. The summed E-state index contributed by atoms with van der Waals surface area (Å²) in [5, 5.41) is 9.81. The van der Waals surface area contributed by atoms with E-state index in [1.807, 2.05) is 0 Å². The Morgan fingerprint density at radius 1 is 1.24 bits per heavy atom. The van der Waals surface area contributed by atoms with Crippen molar-refractivity contribution >= 4 is 46.3 Å². The molecule has 0 aliphatic carbocycles. The minimum atomic E-state index is -1.90. The summed E-state index contributed by atoms with van der Waals surface area (Å²) < 4.78 is 0. The number of ketones is 1. The van der Waals surface area contributed by atoms with Gasteiger partial charge in [-0.25, -0.2) is 0 Å². The van der Waals surface area contributed by atoms with Crippen LogP contribution in [0, 0.1) is 10.1 Å². The first-order valence-corrected chi connectivity index (χ1v) is 8.12. The van der Waals surface area contributed by atoms with Gasteiger partial charge < -0.3 is 0 Å². The Morgan fingerprint density at radius 3 is 2.56 bits per heavy atom. The second-order valence-corrected chi connectivity index (χ2v) is 6.60. The van der Waals surface area contributed by atoms with Crippen LogP contribution in [0.4, 0.5) is 11.4 Å². The zero-order valence-corrected chi connectivity index (χ0v) is 14.5. The van der Waals surface area contributed by atoms with Crippen molar-refractivity contribution in [1.29, 1.82) is 0 Å². The molecule has 128 valence electrons. The molecule has 0 aromatic heterocycles. The molecule has 3 rings (SSSR count). The van der Waals surface area contributed by atoms with Crippen LogP contribution >= 0.6 is 23.2 Å². The van der Waals surface area contributed by atoms with Crippen molar-refractivity contribution in [2.24, 2.45) is 0 Å². The third-order valence-electron chi connectivity index (χ3n) is 4.06. The summed E-state index contributed by atoms with van der Waals surface area (Å²) in [6.07, 6.45) is 0. The molecule has 1 aliphatic heterocycles. The molecule has 0 spiro atoms. The SMILES string of the molecule is CC(=O)N1c2ccccc2C(=O)C1(Cl)C(Cl)c1cccc([N+](=O)[O-])c1. The van der Waals surface area contributed by atoms with Crippen LogP contribution in [0.1, 0.15) is 28.2 Å². The third kappa shape index (κ3) is 2.58. The average molecular weight is 379 g/mol. The summed E-state index contributed by atoms with van der Waals surface area (Å²) in [5.74, 6) is -0.976. The number of Topliss-reactive ketones (excluding diaryl/α,β-unsaturated/α-hetero) is 1. The number of carbonyl (C=O) groups excluding carboxylic acids is 2. The van der Waals surface area contributed by atoms with E-state index in [-0.39, 0.29) is 16.8 Å². The maximum atomic E-state index is 12.9. The van der Waals surface area contributed by atoms with Crippen LogP contribution in [0.25, 0.3) is 0 Å². The Balaban J connectivity index is 2.14. The normalized spacial score (nSPS) is 20.3. The molecule has 2 aromatic rings. The zero-order valence-electron chi connectivity index (χ0n) is 13.0. The van der Waals surface area contributed by atoms with E-state index < -0.39 is 27.0 Å². The molecule has 0 saturated carbocycles. The summed E-state index contributed by atoms with van der Waals surface area (Å²) in [6, 6.07) is 12.1. The lowest BCUT2D eigenvalue weighted by Gasteiger charge is -2.34. The van der Waals surface area contributed by atoms with Crippen LogP contribution in [0.3, 0.4) is 0 Å². The fraction of sp³-hybridized carbons (Fsp3) is 0.176. The maximum Gasteiger partial charge on any atom is 0.269 e. The predicted molar refractivity (Wildman–Crippen MR) is 94.2 cm³/mol. The highest BCUT2D eigenvalue weighted by atomic mass is 35.5. The van der Waals surface area contributed by atoms with Crippen LogP contribution in [0.5, 0.6) is 0 Å². The monoisotopic (exact) mass is 378 g/mol. The molecule has 25 heavy (non-hydrogen) atoms. The van der Waals surface area contributed by atoms with Crippen molar-refractivity contribution in [2.45, 2.75) is 17.3 Å². The number of fused-ring (bicyclic) bond motifs is 1. The number of para-hydroxylation sites is 1. The van der Waals surface area contributed by atoms with Gasteiger partial charge in [-0.05, 0) is 17.7 Å². The summed E-state index contributed by atoms with van der Waals surface area (Å²) in [5.41, 5.74) is 0.744. The summed E-state index contributed by atoms with van der Waals surface area (Å²) in [7, 11) is 0. The second-order valence-electron chi connectivity index (χ2n) is 5.59. The van der Waals surface area contributed by atoms with Crippen molar-refractivity contribution < 1.29 is 14.5 Å². The maximum absolute atomic E-state index is 12.9. The Hall–Kier alpha value is -2.44. The quantitative estimate of drug-likeness (QED) is 0.349. The largest absolute Gasteiger partial charge is 0.290 e. The first-order valence-electron chi connectivity index (χ1n) is 7.30. The molecule has 0 radical (unpaired) electrons. The smallest absolute Gasteiger partial charge is 0.269 e. The molecule has 1 amide bonds. The van der Waals surface area contributed by atoms with Crippen LogP contribution in [0.15, 0.2) is 48.5 Å². The molecule has 2 aromatic carbocycles. The third-order valence-corrected chi connectivity index (χ3v) is 5.30. The van der Waals surface area contributed by atoms with E-state index in [1.54, 1.807) is 24.3 Å². The molecule has 8 heteroatoms. The number of hydrogen-bond acceptors (Lipinski definition) is 4. The molecule has 0 fully saturated rings. The topological polar surface area (TPSA) is 80.5 Å². The van der Waals surface area contributed by atoms with E-state index >= 15 is 0 Å². The highest BCUT2D eigenvalue weighted by molar-refractivity contribution is 6.48. The summed E-state index contributed by atoms with van der Waals surface area (Å²) in [6.45, 7) is 1.28. The number of nitro groups is 1. The molecule has 6 nitrogen and oxygen atoms in total. The number of rotatable bonds is 3. The molecule has 2 unspecified atom stereocenters. The number of nitro benzene ring substituents is 1. The Bertz CT molecular complexity index is 902. The van der Waals surface area contributed by atoms with E-state index in [0.717, 1.165) is 4.90 Å². The van der Waals surface area contributed by atoms with Gasteiger partial charge in [0.05, 0.1) is 10.6 Å². The molecule has 0 N–H and O–H groups in total. The van der Waals surface area contributed by atoms with Gasteiger partial charge in [0.25, 0.3) is 5.69 Å².